The van der Waals surface area contributed by atoms with Gasteiger partial charge in [0.1, 0.15) is 5.60 Å². The summed E-state index contributed by atoms with van der Waals surface area (Å²) in [4.78, 5) is 2.11. The van der Waals surface area contributed by atoms with Gasteiger partial charge in [-0.25, -0.2) is 13.1 Å². The Kier molecular flexibility index (Phi) is 6.35. The van der Waals surface area contributed by atoms with Crippen molar-refractivity contribution in [2.75, 3.05) is 6.26 Å². The van der Waals surface area contributed by atoms with E-state index in [4.69, 9.17) is 11.6 Å². The molecule has 2 aromatic carbocycles. The number of para-hydroxylation sites is 1. The van der Waals surface area contributed by atoms with Gasteiger partial charge in [0.2, 0.25) is 0 Å². The van der Waals surface area contributed by atoms with Gasteiger partial charge in [0.05, 0.1) is 31.9 Å². The number of hydrogen-bond donors (Lipinski definition) is 1. The quantitative estimate of drug-likeness (QED) is 0.295. The number of rotatable bonds is 5. The summed E-state index contributed by atoms with van der Waals surface area (Å²) in [6.07, 6.45) is 1.20. The lowest BCUT2D eigenvalue weighted by Gasteiger charge is -2.13. The predicted molar refractivity (Wildman–Crippen MR) is 138 cm³/mol. The maximum atomic E-state index is 12.1. The molecule has 0 aliphatic carbocycles. The van der Waals surface area contributed by atoms with Crippen LogP contribution >= 0.6 is 38.9 Å². The fourth-order valence-electron chi connectivity index (χ4n) is 3.44. The van der Waals surface area contributed by atoms with E-state index in [2.05, 4.69) is 21.0 Å². The first-order chi connectivity index (χ1) is 15.4. The van der Waals surface area contributed by atoms with Crippen molar-refractivity contribution in [3.63, 3.8) is 0 Å². The van der Waals surface area contributed by atoms with Crippen LogP contribution in [0, 0.1) is 6.92 Å². The van der Waals surface area contributed by atoms with E-state index in [1.165, 1.54) is 17.6 Å². The van der Waals surface area contributed by atoms with Crippen molar-refractivity contribution in [1.82, 2.24) is 9.78 Å². The third-order valence-corrected chi connectivity index (χ3v) is 9.29. The Balaban J connectivity index is 1.95. The molecular weight excluding hydrogens is 544 g/mol. The first-order valence-electron chi connectivity index (χ1n) is 10.1. The zero-order valence-corrected chi connectivity index (χ0v) is 22.4. The van der Waals surface area contributed by atoms with Crippen molar-refractivity contribution in [3.8, 4) is 26.7 Å². The average molecular weight is 566 g/mol. The zero-order chi connectivity index (χ0) is 24.1. The smallest absolute Gasteiger partial charge is 0.175 e. The second kappa shape index (κ2) is 8.67. The summed E-state index contributed by atoms with van der Waals surface area (Å²) in [5.74, 6) is 0. The lowest BCUT2D eigenvalue weighted by Crippen LogP contribution is -2.16. The maximum absolute atomic E-state index is 12.1. The molecule has 0 amide bonds. The molecule has 0 aliphatic rings. The maximum Gasteiger partial charge on any atom is 0.175 e. The first kappa shape index (κ1) is 24.2. The molecule has 0 atom stereocenters. The number of halogens is 2. The molecule has 33 heavy (non-hydrogen) atoms. The molecule has 4 aromatic rings. The number of aliphatic hydroxyl groups is 1. The van der Waals surface area contributed by atoms with Gasteiger partial charge in [-0.1, -0.05) is 35.9 Å². The second-order valence-electron chi connectivity index (χ2n) is 8.34. The Hall–Kier alpha value is -1.97. The van der Waals surface area contributed by atoms with Crippen LogP contribution in [0.1, 0.15) is 25.1 Å². The Bertz CT molecular complexity index is 1470. The van der Waals surface area contributed by atoms with E-state index in [1.54, 1.807) is 42.8 Å². The summed E-state index contributed by atoms with van der Waals surface area (Å²) >= 11 is 11.7. The molecule has 0 unspecified atom stereocenters. The van der Waals surface area contributed by atoms with Crippen LogP contribution < -0.4 is 0 Å². The number of aromatic nitrogens is 2. The van der Waals surface area contributed by atoms with Crippen LogP contribution in [0.15, 0.2) is 64.0 Å². The summed E-state index contributed by atoms with van der Waals surface area (Å²) in [6, 6.07) is 16.2. The Morgan fingerprint density at radius 3 is 2.42 bits per heavy atom. The van der Waals surface area contributed by atoms with Crippen LogP contribution in [0.4, 0.5) is 0 Å². The highest BCUT2D eigenvalue weighted by Gasteiger charge is 2.26. The van der Waals surface area contributed by atoms with Gasteiger partial charge < -0.3 is 5.11 Å². The zero-order valence-electron chi connectivity index (χ0n) is 18.4. The van der Waals surface area contributed by atoms with Gasteiger partial charge in [-0.05, 0) is 78.2 Å². The summed E-state index contributed by atoms with van der Waals surface area (Å²) < 4.78 is 26.8. The molecule has 2 heterocycles. The van der Waals surface area contributed by atoms with Gasteiger partial charge in [-0.2, -0.15) is 5.10 Å². The molecular formula is C24H22BrClN2O3S2. The number of thiophene rings is 1. The molecule has 0 saturated heterocycles. The molecule has 0 fully saturated rings. The molecule has 9 heteroatoms. The molecule has 4 rings (SSSR count). The highest BCUT2D eigenvalue weighted by Crippen LogP contribution is 2.46. The average Bonchev–Trinajstić information content (AvgIpc) is 3.30. The molecule has 0 spiro atoms. The number of nitrogens with zero attached hydrogens (tertiary/aromatic N) is 2. The lowest BCUT2D eigenvalue weighted by molar-refractivity contribution is 0.0734. The van der Waals surface area contributed by atoms with Crippen molar-refractivity contribution in [1.29, 1.82) is 0 Å². The number of benzene rings is 2. The van der Waals surface area contributed by atoms with Crippen LogP contribution in [0.2, 0.25) is 5.02 Å². The molecule has 5 nitrogen and oxygen atoms in total. The summed E-state index contributed by atoms with van der Waals surface area (Å²) in [6.45, 7) is 5.37. The minimum absolute atomic E-state index is 0.268. The van der Waals surface area contributed by atoms with Crippen molar-refractivity contribution in [3.05, 3.63) is 75.4 Å². The van der Waals surface area contributed by atoms with E-state index >= 15 is 0 Å². The SMILES string of the molecule is Cc1c(-c2cc(C(C)(C)O)nn2-c2ccccc2Cl)sc(-c2cccc(S(C)(=O)=O)c2)c1Br. The Morgan fingerprint density at radius 1 is 1.09 bits per heavy atom. The van der Waals surface area contributed by atoms with E-state index in [9.17, 15) is 13.5 Å². The van der Waals surface area contributed by atoms with Gasteiger partial charge in [0.15, 0.2) is 9.84 Å². The summed E-state index contributed by atoms with van der Waals surface area (Å²) in [7, 11) is -3.33. The van der Waals surface area contributed by atoms with E-state index in [1.807, 2.05) is 37.3 Å². The van der Waals surface area contributed by atoms with Crippen molar-refractivity contribution in [2.45, 2.75) is 31.3 Å². The van der Waals surface area contributed by atoms with E-state index in [0.717, 1.165) is 31.0 Å². The van der Waals surface area contributed by atoms with Gasteiger partial charge in [0, 0.05) is 15.6 Å². The normalized spacial score (nSPS) is 12.3. The second-order valence-corrected chi connectivity index (χ2v) is 12.6. The highest BCUT2D eigenvalue weighted by atomic mass is 79.9. The fourth-order valence-corrected chi connectivity index (χ4v) is 6.32. The third kappa shape index (κ3) is 4.68. The number of hydrogen-bond acceptors (Lipinski definition) is 5. The van der Waals surface area contributed by atoms with E-state index < -0.39 is 15.4 Å². The molecule has 172 valence electrons. The molecule has 0 aliphatic heterocycles. The van der Waals surface area contributed by atoms with Crippen LogP contribution in [-0.2, 0) is 15.4 Å². The van der Waals surface area contributed by atoms with Gasteiger partial charge in [-0.15, -0.1) is 11.3 Å². The molecule has 2 aromatic heterocycles. The Labute approximate surface area is 210 Å². The standard InChI is InChI=1S/C24H22BrClN2O3S2/c1-14-21(25)23(15-8-7-9-16(12-15)33(4,30)31)32-22(14)19-13-20(24(2,3)29)27-28(19)18-11-6-5-10-17(18)26/h5-13,29H,1-4H3. The van der Waals surface area contributed by atoms with Crippen molar-refractivity contribution in [2.24, 2.45) is 0 Å². The van der Waals surface area contributed by atoms with Crippen molar-refractivity contribution >= 4 is 48.7 Å². The van der Waals surface area contributed by atoms with Crippen LogP contribution in [0.5, 0.6) is 0 Å². The van der Waals surface area contributed by atoms with Crippen LogP contribution in [-0.4, -0.2) is 29.6 Å². The fraction of sp³-hybridized carbons (Fsp3) is 0.208. The third-order valence-electron chi connectivity index (χ3n) is 5.25. The van der Waals surface area contributed by atoms with E-state index in [0.29, 0.717) is 16.4 Å². The largest absolute Gasteiger partial charge is 0.384 e. The van der Waals surface area contributed by atoms with E-state index in [-0.39, 0.29) is 4.90 Å². The molecule has 1 N–H and O–H groups in total. The van der Waals surface area contributed by atoms with Gasteiger partial charge in [-0.3, -0.25) is 0 Å². The van der Waals surface area contributed by atoms with Crippen molar-refractivity contribution < 1.29 is 13.5 Å². The van der Waals surface area contributed by atoms with Gasteiger partial charge in [0.25, 0.3) is 0 Å². The molecule has 0 radical (unpaired) electrons. The number of sulfone groups is 1. The predicted octanol–water partition coefficient (Wildman–Crippen LogP) is 6.62. The minimum atomic E-state index is -3.33. The molecule has 0 bridgehead atoms. The van der Waals surface area contributed by atoms with Crippen LogP contribution in [0.3, 0.4) is 0 Å². The monoisotopic (exact) mass is 564 g/mol. The Morgan fingerprint density at radius 2 is 1.79 bits per heavy atom. The highest BCUT2D eigenvalue weighted by molar-refractivity contribution is 9.10. The lowest BCUT2D eigenvalue weighted by atomic mass is 10.1. The van der Waals surface area contributed by atoms with Crippen LogP contribution in [0.25, 0.3) is 26.7 Å². The topological polar surface area (TPSA) is 72.2 Å². The first-order valence-corrected chi connectivity index (χ1v) is 13.9. The minimum Gasteiger partial charge on any atom is -0.384 e. The van der Waals surface area contributed by atoms with Gasteiger partial charge >= 0.3 is 0 Å². The summed E-state index contributed by atoms with van der Waals surface area (Å²) in [5.41, 5.74) is 2.65. The summed E-state index contributed by atoms with van der Waals surface area (Å²) in [5, 5.41) is 15.9. The molecule has 0 saturated carbocycles.